The molecule has 10 heteroatoms. The fraction of sp³-hybridized carbons (Fsp3) is 0.303. The number of rotatable bonds is 9. The maximum absolute atomic E-state index is 14.4. The Balaban J connectivity index is 1.85. The van der Waals surface area contributed by atoms with Crippen LogP contribution in [-0.4, -0.2) is 56.9 Å². The zero-order valence-corrected chi connectivity index (χ0v) is 26.2. The van der Waals surface area contributed by atoms with Crippen LogP contribution in [0.15, 0.2) is 69.6 Å². The molecule has 0 N–H and O–H groups in total. The number of fused-ring (bicyclic) bond motifs is 2. The summed E-state index contributed by atoms with van der Waals surface area (Å²) in [4.78, 5) is 35.6. The minimum absolute atomic E-state index is 0.165. The van der Waals surface area contributed by atoms with Gasteiger partial charge in [-0.05, 0) is 55.8 Å². The fourth-order valence-electron chi connectivity index (χ4n) is 5.66. The van der Waals surface area contributed by atoms with Crippen LogP contribution in [0.1, 0.15) is 37.9 Å². The second kappa shape index (κ2) is 12.3. The van der Waals surface area contributed by atoms with E-state index in [4.69, 9.17) is 23.9 Å². The summed E-state index contributed by atoms with van der Waals surface area (Å²) in [7, 11) is 6.23. The van der Waals surface area contributed by atoms with Crippen molar-refractivity contribution in [2.75, 3.05) is 41.5 Å². The van der Waals surface area contributed by atoms with Gasteiger partial charge in [-0.15, -0.1) is 0 Å². The summed E-state index contributed by atoms with van der Waals surface area (Å²) in [5.74, 6) is 1.79. The molecule has 1 amide bonds. The first-order chi connectivity index (χ1) is 20.8. The van der Waals surface area contributed by atoms with Crippen molar-refractivity contribution in [3.05, 3.63) is 90.6 Å². The molecule has 9 nitrogen and oxygen atoms in total. The lowest BCUT2D eigenvalue weighted by Gasteiger charge is -2.30. The average molecular weight is 602 g/mol. The number of ether oxygens (including phenoxy) is 4. The Morgan fingerprint density at radius 3 is 2.26 bits per heavy atom. The number of aromatic nitrogens is 1. The smallest absolute Gasteiger partial charge is 0.271 e. The van der Waals surface area contributed by atoms with Crippen molar-refractivity contribution in [2.24, 2.45) is 4.99 Å². The molecule has 2 heterocycles. The van der Waals surface area contributed by atoms with Gasteiger partial charge in [0.25, 0.3) is 11.5 Å². The van der Waals surface area contributed by atoms with Crippen LogP contribution in [0.2, 0.25) is 0 Å². The van der Waals surface area contributed by atoms with Gasteiger partial charge in [-0.1, -0.05) is 41.7 Å². The molecule has 1 atom stereocenters. The van der Waals surface area contributed by atoms with Gasteiger partial charge in [0.1, 0.15) is 11.8 Å². The van der Waals surface area contributed by atoms with Crippen molar-refractivity contribution in [1.82, 2.24) is 9.47 Å². The normalized spacial score (nSPS) is 14.8. The summed E-state index contributed by atoms with van der Waals surface area (Å²) in [6, 6.07) is 14.6. The van der Waals surface area contributed by atoms with E-state index < -0.39 is 6.04 Å². The number of carbonyl (C=O) groups is 1. The number of nitrogens with zero attached hydrogens (tertiary/aromatic N) is 3. The number of likely N-dealkylation sites (N-methyl/N-ethyl adjacent to an activating group) is 1. The topological polar surface area (TPSA) is 91.6 Å². The lowest BCUT2D eigenvalue weighted by atomic mass is 9.90. The number of thiazole rings is 1. The summed E-state index contributed by atoms with van der Waals surface area (Å²) in [5, 5.41) is 1.86. The first-order valence-electron chi connectivity index (χ1n) is 14.0. The van der Waals surface area contributed by atoms with E-state index in [1.165, 1.54) is 25.6 Å². The molecular weight excluding hydrogens is 566 g/mol. The van der Waals surface area contributed by atoms with Gasteiger partial charge in [-0.2, -0.15) is 0 Å². The molecule has 1 aliphatic heterocycles. The summed E-state index contributed by atoms with van der Waals surface area (Å²) >= 11 is 1.25. The minimum atomic E-state index is -0.764. The van der Waals surface area contributed by atoms with E-state index >= 15 is 0 Å². The van der Waals surface area contributed by atoms with Crippen LogP contribution in [0.25, 0.3) is 16.8 Å². The molecule has 224 valence electrons. The molecule has 0 radical (unpaired) electrons. The van der Waals surface area contributed by atoms with E-state index in [-0.39, 0.29) is 11.5 Å². The van der Waals surface area contributed by atoms with Crippen molar-refractivity contribution < 1.29 is 23.7 Å². The molecule has 3 aromatic carbocycles. The van der Waals surface area contributed by atoms with Crippen LogP contribution in [0.4, 0.5) is 0 Å². The van der Waals surface area contributed by atoms with Gasteiger partial charge in [0.05, 0.1) is 44.2 Å². The maximum Gasteiger partial charge on any atom is 0.271 e. The summed E-state index contributed by atoms with van der Waals surface area (Å²) in [6.07, 6.45) is 1.76. The van der Waals surface area contributed by atoms with Crippen LogP contribution < -0.4 is 33.8 Å². The van der Waals surface area contributed by atoms with Crippen molar-refractivity contribution in [2.45, 2.75) is 26.8 Å². The van der Waals surface area contributed by atoms with Gasteiger partial charge in [0.15, 0.2) is 16.3 Å². The highest BCUT2D eigenvalue weighted by atomic mass is 32.1. The van der Waals surface area contributed by atoms with E-state index in [2.05, 4.69) is 0 Å². The zero-order chi connectivity index (χ0) is 30.8. The van der Waals surface area contributed by atoms with Crippen molar-refractivity contribution in [1.29, 1.82) is 0 Å². The number of allylic oxidation sites excluding steroid dienone is 1. The summed E-state index contributed by atoms with van der Waals surface area (Å²) in [6.45, 7) is 6.76. The Hall–Kier alpha value is -4.57. The molecule has 0 spiro atoms. The number of methoxy groups -OCH3 is 4. The molecule has 0 fully saturated rings. The van der Waals surface area contributed by atoms with Gasteiger partial charge >= 0.3 is 0 Å². The number of hydrogen-bond acceptors (Lipinski definition) is 8. The van der Waals surface area contributed by atoms with Crippen molar-refractivity contribution in [3.8, 4) is 23.0 Å². The number of hydrogen-bond donors (Lipinski definition) is 0. The SMILES string of the molecule is CCN(CC)C(=O)C1=C(C)N=c2s/c(=C/c3ccc(OC)c(OC)c3OC)c(=O)n2[C@@H]1c1c(OC)ccc2ccccc12. The highest BCUT2D eigenvalue weighted by molar-refractivity contribution is 7.07. The molecule has 0 bridgehead atoms. The minimum Gasteiger partial charge on any atom is -0.496 e. The molecule has 0 saturated carbocycles. The Morgan fingerprint density at radius 2 is 1.60 bits per heavy atom. The Labute approximate surface area is 253 Å². The average Bonchev–Trinajstić information content (AvgIpc) is 3.33. The summed E-state index contributed by atoms with van der Waals surface area (Å²) in [5.41, 5.74) is 2.11. The number of benzene rings is 3. The highest BCUT2D eigenvalue weighted by Crippen LogP contribution is 2.41. The van der Waals surface area contributed by atoms with Gasteiger partial charge in [0.2, 0.25) is 5.75 Å². The first kappa shape index (κ1) is 29.9. The lowest BCUT2D eigenvalue weighted by molar-refractivity contribution is -0.127. The number of carbonyl (C=O) groups excluding carboxylic acids is 1. The molecule has 0 aliphatic carbocycles. The Kier molecular flexibility index (Phi) is 8.59. The molecular formula is C33H35N3O6S. The third kappa shape index (κ3) is 5.05. The van der Waals surface area contributed by atoms with E-state index in [1.807, 2.05) is 63.2 Å². The van der Waals surface area contributed by atoms with Crippen molar-refractivity contribution >= 4 is 34.1 Å². The summed E-state index contributed by atoms with van der Waals surface area (Å²) < 4.78 is 24.6. The molecule has 1 aromatic heterocycles. The van der Waals surface area contributed by atoms with Crippen LogP contribution in [0.5, 0.6) is 23.0 Å². The first-order valence-corrected chi connectivity index (χ1v) is 14.8. The van der Waals surface area contributed by atoms with E-state index in [0.717, 1.165) is 16.3 Å². The third-order valence-corrected chi connectivity index (χ3v) is 8.73. The van der Waals surface area contributed by atoms with Crippen molar-refractivity contribution in [3.63, 3.8) is 0 Å². The third-order valence-electron chi connectivity index (χ3n) is 7.75. The predicted octanol–water partition coefficient (Wildman–Crippen LogP) is 4.29. The quantitative estimate of drug-likeness (QED) is 0.284. The van der Waals surface area contributed by atoms with Crippen LogP contribution >= 0.6 is 11.3 Å². The number of amides is 1. The lowest BCUT2D eigenvalue weighted by Crippen LogP contribution is -2.43. The maximum atomic E-state index is 14.4. The monoisotopic (exact) mass is 601 g/mol. The Morgan fingerprint density at radius 1 is 0.930 bits per heavy atom. The van der Waals surface area contributed by atoms with Crippen LogP contribution in [-0.2, 0) is 4.79 Å². The van der Waals surface area contributed by atoms with Crippen LogP contribution in [0, 0.1) is 0 Å². The highest BCUT2D eigenvalue weighted by Gasteiger charge is 2.36. The standard InChI is InChI=1S/C33H35N3O6S/c1-8-35(9-2)32(38)26-19(3)34-33-36(28(26)27-22-13-11-10-12-20(22)14-16-23(27)39-4)31(37)25(43-33)18-21-15-17-24(40-5)30(42-7)29(21)41-6/h10-18,28H,8-9H2,1-7H3/b25-18+/t28-/m0/s1. The molecule has 1 aliphatic rings. The van der Waals surface area contributed by atoms with Gasteiger partial charge < -0.3 is 23.8 Å². The van der Waals surface area contributed by atoms with Gasteiger partial charge in [-0.25, -0.2) is 4.99 Å². The van der Waals surface area contributed by atoms with Gasteiger partial charge in [-0.3, -0.25) is 14.2 Å². The second-order valence-electron chi connectivity index (χ2n) is 9.89. The predicted molar refractivity (Wildman–Crippen MR) is 168 cm³/mol. The van der Waals surface area contributed by atoms with E-state index in [1.54, 1.807) is 35.8 Å². The van der Waals surface area contributed by atoms with Gasteiger partial charge in [0, 0.05) is 24.2 Å². The Bertz CT molecular complexity index is 1920. The largest absolute Gasteiger partial charge is 0.496 e. The fourth-order valence-corrected chi connectivity index (χ4v) is 6.70. The van der Waals surface area contributed by atoms with Crippen LogP contribution in [0.3, 0.4) is 0 Å². The zero-order valence-electron chi connectivity index (χ0n) is 25.4. The molecule has 5 rings (SSSR count). The van der Waals surface area contributed by atoms with E-state index in [9.17, 15) is 9.59 Å². The molecule has 43 heavy (non-hydrogen) atoms. The molecule has 0 saturated heterocycles. The second-order valence-corrected chi connectivity index (χ2v) is 10.9. The molecule has 4 aromatic rings. The molecule has 0 unspecified atom stereocenters. The van der Waals surface area contributed by atoms with E-state index in [0.29, 0.717) is 62.3 Å².